The largest absolute Gasteiger partial charge is 0.493 e. The van der Waals surface area contributed by atoms with E-state index < -0.39 is 10.8 Å². The fourth-order valence-corrected chi connectivity index (χ4v) is 3.09. The van der Waals surface area contributed by atoms with Gasteiger partial charge >= 0.3 is 0 Å². The Labute approximate surface area is 97.9 Å². The molecule has 1 aliphatic rings. The zero-order valence-electron chi connectivity index (χ0n) is 9.31. The highest BCUT2D eigenvalue weighted by Crippen LogP contribution is 2.23. The minimum atomic E-state index is -0.618. The second kappa shape index (κ2) is 5.30. The molecule has 0 saturated carbocycles. The van der Waals surface area contributed by atoms with Crippen molar-refractivity contribution in [3.8, 4) is 5.75 Å². The second-order valence-electron chi connectivity index (χ2n) is 3.82. The first kappa shape index (κ1) is 11.4. The lowest BCUT2D eigenvalue weighted by atomic mass is 10.1. The molecule has 0 radical (unpaired) electrons. The first-order valence-corrected chi connectivity index (χ1v) is 6.89. The molecule has 0 bridgehead atoms. The third-order valence-electron chi connectivity index (χ3n) is 2.72. The quantitative estimate of drug-likeness (QED) is 0.868. The van der Waals surface area contributed by atoms with Crippen molar-refractivity contribution in [2.45, 2.75) is 18.9 Å². The van der Waals surface area contributed by atoms with E-state index in [0.29, 0.717) is 6.04 Å². The highest BCUT2D eigenvalue weighted by molar-refractivity contribution is 7.85. The van der Waals surface area contributed by atoms with Crippen LogP contribution in [0.3, 0.4) is 0 Å². The van der Waals surface area contributed by atoms with Gasteiger partial charge in [-0.3, -0.25) is 4.21 Å². The average Bonchev–Trinajstić information content (AvgIpc) is 2.33. The van der Waals surface area contributed by atoms with Crippen molar-refractivity contribution in [1.29, 1.82) is 0 Å². The molecule has 1 N–H and O–H groups in total. The summed E-state index contributed by atoms with van der Waals surface area (Å²) >= 11 is 0. The van der Waals surface area contributed by atoms with Crippen molar-refractivity contribution in [3.63, 3.8) is 0 Å². The van der Waals surface area contributed by atoms with Crippen molar-refractivity contribution in [3.05, 3.63) is 18.3 Å². The van der Waals surface area contributed by atoms with Crippen LogP contribution in [-0.2, 0) is 10.8 Å². The van der Waals surface area contributed by atoms with E-state index in [2.05, 4.69) is 10.3 Å². The number of hydrogen-bond acceptors (Lipinski definition) is 4. The number of nitrogens with one attached hydrogen (secondary N) is 1. The molecule has 0 aliphatic carbocycles. The van der Waals surface area contributed by atoms with Crippen LogP contribution in [0.25, 0.3) is 0 Å². The summed E-state index contributed by atoms with van der Waals surface area (Å²) < 4.78 is 16.5. The topological polar surface area (TPSA) is 51.2 Å². The highest BCUT2D eigenvalue weighted by Gasteiger charge is 2.18. The molecule has 1 saturated heterocycles. The maximum Gasteiger partial charge on any atom is 0.168 e. The first-order chi connectivity index (χ1) is 7.79. The molecule has 0 spiro atoms. The Hall–Kier alpha value is -1.10. The van der Waals surface area contributed by atoms with E-state index in [-0.39, 0.29) is 0 Å². The monoisotopic (exact) mass is 240 g/mol. The maximum atomic E-state index is 11.2. The molecule has 0 unspecified atom stereocenters. The number of nitrogens with zero attached hydrogens (tertiary/aromatic N) is 1. The van der Waals surface area contributed by atoms with Crippen molar-refractivity contribution < 1.29 is 8.95 Å². The van der Waals surface area contributed by atoms with Gasteiger partial charge in [-0.05, 0) is 25.0 Å². The van der Waals surface area contributed by atoms with Crippen molar-refractivity contribution in [2.75, 3.05) is 23.9 Å². The van der Waals surface area contributed by atoms with E-state index in [0.717, 1.165) is 35.9 Å². The Morgan fingerprint density at radius 1 is 1.50 bits per heavy atom. The maximum absolute atomic E-state index is 11.2. The second-order valence-corrected chi connectivity index (χ2v) is 5.52. The van der Waals surface area contributed by atoms with Crippen LogP contribution >= 0.6 is 0 Å². The Kier molecular flexibility index (Phi) is 3.77. The van der Waals surface area contributed by atoms with Gasteiger partial charge in [0.2, 0.25) is 0 Å². The summed E-state index contributed by atoms with van der Waals surface area (Å²) in [7, 11) is 1.02. The summed E-state index contributed by atoms with van der Waals surface area (Å²) in [6.45, 7) is 0. The van der Waals surface area contributed by atoms with Crippen LogP contribution in [0.15, 0.2) is 18.3 Å². The van der Waals surface area contributed by atoms with Gasteiger partial charge in [0.1, 0.15) is 0 Å². The fraction of sp³-hybridized carbons (Fsp3) is 0.545. The predicted octanol–water partition coefficient (Wildman–Crippen LogP) is 1.41. The normalized spacial score (nSPS) is 25.1. The lowest BCUT2D eigenvalue weighted by molar-refractivity contribution is 0.414. The molecule has 0 atom stereocenters. The van der Waals surface area contributed by atoms with E-state index in [9.17, 15) is 4.21 Å². The first-order valence-electron chi connectivity index (χ1n) is 5.40. The molecule has 16 heavy (non-hydrogen) atoms. The summed E-state index contributed by atoms with van der Waals surface area (Å²) in [5.41, 5.74) is 0. The van der Waals surface area contributed by atoms with Gasteiger partial charge in [0.15, 0.2) is 11.6 Å². The van der Waals surface area contributed by atoms with Crippen LogP contribution in [0.4, 0.5) is 5.82 Å². The third kappa shape index (κ3) is 2.72. The number of pyridine rings is 1. The van der Waals surface area contributed by atoms with Gasteiger partial charge < -0.3 is 10.1 Å². The number of aromatic nitrogens is 1. The van der Waals surface area contributed by atoms with Gasteiger partial charge in [0, 0.05) is 34.5 Å². The zero-order valence-corrected chi connectivity index (χ0v) is 10.1. The molecular weight excluding hydrogens is 224 g/mol. The van der Waals surface area contributed by atoms with Crippen LogP contribution < -0.4 is 10.1 Å². The van der Waals surface area contributed by atoms with Gasteiger partial charge in [-0.25, -0.2) is 4.98 Å². The molecule has 0 amide bonds. The Bertz CT molecular complexity index is 374. The highest BCUT2D eigenvalue weighted by atomic mass is 32.2. The zero-order chi connectivity index (χ0) is 11.4. The summed E-state index contributed by atoms with van der Waals surface area (Å²) in [6, 6.07) is 4.09. The van der Waals surface area contributed by atoms with Crippen LogP contribution in [-0.4, -0.2) is 33.9 Å². The van der Waals surface area contributed by atoms with Crippen LogP contribution in [0.1, 0.15) is 12.8 Å². The van der Waals surface area contributed by atoms with Crippen LogP contribution in [0.2, 0.25) is 0 Å². The van der Waals surface area contributed by atoms with Gasteiger partial charge in [-0.15, -0.1) is 0 Å². The van der Waals surface area contributed by atoms with Gasteiger partial charge in [0.25, 0.3) is 0 Å². The van der Waals surface area contributed by atoms with Gasteiger partial charge in [0.05, 0.1) is 7.11 Å². The number of anilines is 1. The molecular formula is C11H16N2O2S. The molecule has 1 fully saturated rings. The van der Waals surface area contributed by atoms with Crippen molar-refractivity contribution in [2.24, 2.45) is 0 Å². The van der Waals surface area contributed by atoms with E-state index >= 15 is 0 Å². The number of methoxy groups -OCH3 is 1. The van der Waals surface area contributed by atoms with Gasteiger partial charge in [-0.2, -0.15) is 0 Å². The lowest BCUT2D eigenvalue weighted by Gasteiger charge is -2.23. The smallest absolute Gasteiger partial charge is 0.168 e. The summed E-state index contributed by atoms with van der Waals surface area (Å²) in [5.74, 6) is 3.11. The molecule has 2 heterocycles. The predicted molar refractivity (Wildman–Crippen MR) is 65.3 cm³/mol. The van der Waals surface area contributed by atoms with E-state index in [1.54, 1.807) is 13.3 Å². The minimum absolute atomic E-state index is 0.362. The molecule has 1 aromatic heterocycles. The Balaban J connectivity index is 2.00. The molecule has 1 aromatic rings. The molecule has 88 valence electrons. The van der Waals surface area contributed by atoms with Crippen LogP contribution in [0.5, 0.6) is 5.75 Å². The van der Waals surface area contributed by atoms with Crippen molar-refractivity contribution >= 4 is 16.6 Å². The molecule has 2 rings (SSSR count). The molecule has 5 heteroatoms. The molecule has 1 aliphatic heterocycles. The summed E-state index contributed by atoms with van der Waals surface area (Å²) in [5, 5.41) is 3.35. The Morgan fingerprint density at radius 3 is 2.94 bits per heavy atom. The summed E-state index contributed by atoms with van der Waals surface area (Å²) in [4.78, 5) is 4.25. The van der Waals surface area contributed by atoms with Crippen LogP contribution in [0, 0.1) is 0 Å². The average molecular weight is 240 g/mol. The van der Waals surface area contributed by atoms with E-state index in [1.807, 2.05) is 12.1 Å². The van der Waals surface area contributed by atoms with E-state index in [4.69, 9.17) is 4.74 Å². The Morgan fingerprint density at radius 2 is 2.25 bits per heavy atom. The summed E-state index contributed by atoms with van der Waals surface area (Å²) in [6.07, 6.45) is 3.62. The lowest BCUT2D eigenvalue weighted by Crippen LogP contribution is -2.29. The number of hydrogen-bond donors (Lipinski definition) is 1. The third-order valence-corrected chi connectivity index (χ3v) is 4.10. The fourth-order valence-electron chi connectivity index (χ4n) is 1.80. The molecule has 4 nitrogen and oxygen atoms in total. The van der Waals surface area contributed by atoms with E-state index in [1.165, 1.54) is 0 Å². The number of ether oxygens (including phenoxy) is 1. The van der Waals surface area contributed by atoms with Crippen molar-refractivity contribution in [1.82, 2.24) is 4.98 Å². The SMILES string of the molecule is COc1cccnc1NC1CCS(=O)CC1. The van der Waals surface area contributed by atoms with Gasteiger partial charge in [-0.1, -0.05) is 0 Å². The standard InChI is InChI=1S/C11H16N2O2S/c1-15-10-3-2-6-12-11(10)13-9-4-7-16(14)8-5-9/h2-3,6,9H,4-5,7-8H2,1H3,(H,12,13). The number of rotatable bonds is 3. The molecule has 0 aromatic carbocycles. The minimum Gasteiger partial charge on any atom is -0.493 e.